The van der Waals surface area contributed by atoms with Gasteiger partial charge in [-0.3, -0.25) is 9.59 Å². The SMILES string of the molecule is CCOc1ccc(C(=O)N2CCCC(C(=O)N3CCOCC3)C2)cc1. The highest BCUT2D eigenvalue weighted by molar-refractivity contribution is 5.94. The van der Waals surface area contributed by atoms with E-state index in [0.717, 1.165) is 18.6 Å². The van der Waals surface area contributed by atoms with Crippen LogP contribution >= 0.6 is 0 Å². The quantitative estimate of drug-likeness (QED) is 0.834. The monoisotopic (exact) mass is 346 g/mol. The average Bonchev–Trinajstić information content (AvgIpc) is 2.68. The molecule has 1 atom stereocenters. The van der Waals surface area contributed by atoms with Crippen molar-refractivity contribution in [3.63, 3.8) is 0 Å². The smallest absolute Gasteiger partial charge is 0.253 e. The molecule has 2 aliphatic rings. The van der Waals surface area contributed by atoms with Gasteiger partial charge in [0.05, 0.1) is 25.7 Å². The molecule has 6 heteroatoms. The van der Waals surface area contributed by atoms with Crippen molar-refractivity contribution in [2.24, 2.45) is 5.92 Å². The van der Waals surface area contributed by atoms with Gasteiger partial charge in [0, 0.05) is 31.7 Å². The molecule has 0 saturated carbocycles. The third-order valence-electron chi connectivity index (χ3n) is 4.79. The van der Waals surface area contributed by atoms with Gasteiger partial charge in [0.2, 0.25) is 5.91 Å². The van der Waals surface area contributed by atoms with Crippen molar-refractivity contribution in [2.45, 2.75) is 19.8 Å². The molecule has 2 saturated heterocycles. The number of ether oxygens (including phenoxy) is 2. The maximum absolute atomic E-state index is 12.8. The molecule has 0 aliphatic carbocycles. The molecule has 0 bridgehead atoms. The van der Waals surface area contributed by atoms with Gasteiger partial charge in [0.15, 0.2) is 0 Å². The summed E-state index contributed by atoms with van der Waals surface area (Å²) in [6.45, 7) is 6.26. The number of hydrogen-bond acceptors (Lipinski definition) is 4. The maximum atomic E-state index is 12.8. The van der Waals surface area contributed by atoms with Crippen LogP contribution in [0.1, 0.15) is 30.1 Å². The number of hydrogen-bond donors (Lipinski definition) is 0. The summed E-state index contributed by atoms with van der Waals surface area (Å²) in [5.74, 6) is 0.812. The van der Waals surface area contributed by atoms with Crippen LogP contribution in [0.4, 0.5) is 0 Å². The number of piperidine rings is 1. The Hall–Kier alpha value is -2.08. The first-order valence-corrected chi connectivity index (χ1v) is 9.07. The fraction of sp³-hybridized carbons (Fsp3) is 0.579. The minimum atomic E-state index is -0.0986. The summed E-state index contributed by atoms with van der Waals surface area (Å²) in [5, 5.41) is 0. The van der Waals surface area contributed by atoms with Crippen LogP contribution in [0.3, 0.4) is 0 Å². The molecule has 0 spiro atoms. The summed E-state index contributed by atoms with van der Waals surface area (Å²) in [5.41, 5.74) is 0.642. The number of benzene rings is 1. The van der Waals surface area contributed by atoms with E-state index >= 15 is 0 Å². The van der Waals surface area contributed by atoms with Crippen LogP contribution in [-0.2, 0) is 9.53 Å². The van der Waals surface area contributed by atoms with Crippen LogP contribution in [0.5, 0.6) is 5.75 Å². The van der Waals surface area contributed by atoms with Crippen molar-refractivity contribution in [3.05, 3.63) is 29.8 Å². The van der Waals surface area contributed by atoms with Gasteiger partial charge in [0.25, 0.3) is 5.91 Å². The van der Waals surface area contributed by atoms with E-state index in [4.69, 9.17) is 9.47 Å². The molecule has 136 valence electrons. The van der Waals surface area contributed by atoms with Crippen molar-refractivity contribution in [3.8, 4) is 5.75 Å². The van der Waals surface area contributed by atoms with Gasteiger partial charge >= 0.3 is 0 Å². The normalized spacial score (nSPS) is 21.1. The first kappa shape index (κ1) is 17.7. The number of carbonyl (C=O) groups is 2. The van der Waals surface area contributed by atoms with Gasteiger partial charge in [-0.2, -0.15) is 0 Å². The van der Waals surface area contributed by atoms with Crippen molar-refractivity contribution in [1.82, 2.24) is 9.80 Å². The maximum Gasteiger partial charge on any atom is 0.253 e. The summed E-state index contributed by atoms with van der Waals surface area (Å²) in [7, 11) is 0. The Morgan fingerprint density at radius 1 is 1.12 bits per heavy atom. The largest absolute Gasteiger partial charge is 0.494 e. The van der Waals surface area contributed by atoms with Gasteiger partial charge in [0.1, 0.15) is 5.75 Å². The molecule has 1 aromatic carbocycles. The van der Waals surface area contributed by atoms with Gasteiger partial charge in [-0.1, -0.05) is 0 Å². The number of nitrogens with zero attached hydrogens (tertiary/aromatic N) is 2. The van der Waals surface area contributed by atoms with Gasteiger partial charge in [-0.05, 0) is 44.0 Å². The molecule has 2 aliphatic heterocycles. The highest BCUT2D eigenvalue weighted by atomic mass is 16.5. The van der Waals surface area contributed by atoms with Gasteiger partial charge < -0.3 is 19.3 Å². The molecule has 25 heavy (non-hydrogen) atoms. The molecule has 2 amide bonds. The van der Waals surface area contributed by atoms with Gasteiger partial charge in [-0.25, -0.2) is 0 Å². The molecule has 1 unspecified atom stereocenters. The number of amides is 2. The summed E-state index contributed by atoms with van der Waals surface area (Å²) in [6.07, 6.45) is 1.72. The van der Waals surface area contributed by atoms with E-state index in [1.165, 1.54) is 0 Å². The number of likely N-dealkylation sites (tertiary alicyclic amines) is 1. The third-order valence-corrected chi connectivity index (χ3v) is 4.79. The lowest BCUT2D eigenvalue weighted by Gasteiger charge is -2.36. The Balaban J connectivity index is 1.61. The lowest BCUT2D eigenvalue weighted by molar-refractivity contribution is -0.141. The number of morpholine rings is 1. The average molecular weight is 346 g/mol. The van der Waals surface area contributed by atoms with Crippen LogP contribution in [0, 0.1) is 5.92 Å². The van der Waals surface area contributed by atoms with E-state index in [9.17, 15) is 9.59 Å². The van der Waals surface area contributed by atoms with Crippen molar-refractivity contribution in [1.29, 1.82) is 0 Å². The molecule has 1 aromatic rings. The van der Waals surface area contributed by atoms with E-state index in [0.29, 0.717) is 51.6 Å². The second kappa shape index (κ2) is 8.34. The standard InChI is InChI=1S/C19H26N2O4/c1-2-25-17-7-5-15(6-8-17)18(22)21-9-3-4-16(14-21)19(23)20-10-12-24-13-11-20/h5-8,16H,2-4,9-14H2,1H3. The zero-order valence-electron chi connectivity index (χ0n) is 14.8. The fourth-order valence-electron chi connectivity index (χ4n) is 3.45. The first-order chi connectivity index (χ1) is 12.2. The van der Waals surface area contributed by atoms with E-state index in [1.54, 1.807) is 12.1 Å². The number of carbonyl (C=O) groups excluding carboxylic acids is 2. The molecule has 0 radical (unpaired) electrons. The van der Waals surface area contributed by atoms with E-state index in [-0.39, 0.29) is 17.7 Å². The van der Waals surface area contributed by atoms with Crippen LogP contribution in [0.15, 0.2) is 24.3 Å². The Labute approximate surface area is 148 Å². The van der Waals surface area contributed by atoms with Crippen molar-refractivity contribution < 1.29 is 19.1 Å². The Bertz CT molecular complexity index is 596. The van der Waals surface area contributed by atoms with Crippen LogP contribution in [0.2, 0.25) is 0 Å². The Morgan fingerprint density at radius 3 is 2.52 bits per heavy atom. The molecule has 0 aromatic heterocycles. The molecule has 2 fully saturated rings. The van der Waals surface area contributed by atoms with E-state index < -0.39 is 0 Å². The Morgan fingerprint density at radius 2 is 1.84 bits per heavy atom. The highest BCUT2D eigenvalue weighted by Crippen LogP contribution is 2.22. The Kier molecular flexibility index (Phi) is 5.91. The van der Waals surface area contributed by atoms with Crippen LogP contribution in [0.25, 0.3) is 0 Å². The summed E-state index contributed by atoms with van der Waals surface area (Å²) in [6, 6.07) is 7.22. The molecular formula is C19H26N2O4. The highest BCUT2D eigenvalue weighted by Gasteiger charge is 2.32. The minimum absolute atomic E-state index is 0.0116. The summed E-state index contributed by atoms with van der Waals surface area (Å²) >= 11 is 0. The first-order valence-electron chi connectivity index (χ1n) is 9.07. The molecule has 3 rings (SSSR count). The third kappa shape index (κ3) is 4.31. The molecule has 2 heterocycles. The zero-order valence-corrected chi connectivity index (χ0v) is 14.8. The van der Waals surface area contributed by atoms with E-state index in [1.807, 2.05) is 28.9 Å². The van der Waals surface area contributed by atoms with Gasteiger partial charge in [-0.15, -0.1) is 0 Å². The molecule has 0 N–H and O–H groups in total. The second-order valence-corrected chi connectivity index (χ2v) is 6.49. The summed E-state index contributed by atoms with van der Waals surface area (Å²) in [4.78, 5) is 29.1. The zero-order chi connectivity index (χ0) is 17.6. The lowest BCUT2D eigenvalue weighted by Crippen LogP contribution is -2.49. The second-order valence-electron chi connectivity index (χ2n) is 6.49. The number of rotatable bonds is 4. The molecular weight excluding hydrogens is 320 g/mol. The lowest BCUT2D eigenvalue weighted by atomic mass is 9.95. The van der Waals surface area contributed by atoms with E-state index in [2.05, 4.69) is 0 Å². The predicted molar refractivity (Wildman–Crippen MR) is 93.6 cm³/mol. The minimum Gasteiger partial charge on any atom is -0.494 e. The van der Waals surface area contributed by atoms with Crippen molar-refractivity contribution >= 4 is 11.8 Å². The van der Waals surface area contributed by atoms with Crippen molar-refractivity contribution in [2.75, 3.05) is 46.0 Å². The molecule has 6 nitrogen and oxygen atoms in total. The van der Waals surface area contributed by atoms with Crippen LogP contribution in [-0.4, -0.2) is 67.6 Å². The predicted octanol–water partition coefficient (Wildman–Crippen LogP) is 1.80. The van der Waals surface area contributed by atoms with Crippen LogP contribution < -0.4 is 4.74 Å². The topological polar surface area (TPSA) is 59.1 Å². The summed E-state index contributed by atoms with van der Waals surface area (Å²) < 4.78 is 10.7. The fourth-order valence-corrected chi connectivity index (χ4v) is 3.45.